The van der Waals surface area contributed by atoms with Crippen molar-refractivity contribution in [2.75, 3.05) is 0 Å². The minimum atomic E-state index is -0.716. The summed E-state index contributed by atoms with van der Waals surface area (Å²) in [4.78, 5) is 4.53. The molecule has 0 saturated heterocycles. The minimum absolute atomic E-state index is 0.619. The fraction of sp³-hybridized carbons (Fsp3) is 0.240. The van der Waals surface area contributed by atoms with Crippen LogP contribution in [0.4, 0.5) is 4.39 Å². The molecule has 0 aliphatic carbocycles. The third kappa shape index (κ3) is 5.37. The maximum absolute atomic E-state index is 12.8. The van der Waals surface area contributed by atoms with Gasteiger partial charge in [-0.2, -0.15) is 0 Å². The number of nitrogens with zero attached hydrogens (tertiary/aromatic N) is 1. The molecule has 0 amide bonds. The SMILES string of the molecule is C=CCc1ccc2cc(-c3ccc(/C=C/CCCC(C)F)nc3)ccc2c1. The van der Waals surface area contributed by atoms with E-state index in [1.807, 2.05) is 24.4 Å². The predicted octanol–water partition coefficient (Wildman–Crippen LogP) is 7.17. The van der Waals surface area contributed by atoms with Crippen molar-refractivity contribution in [1.82, 2.24) is 4.98 Å². The summed E-state index contributed by atoms with van der Waals surface area (Å²) in [5.74, 6) is 0. The second-order valence-corrected chi connectivity index (χ2v) is 6.97. The summed E-state index contributed by atoms with van der Waals surface area (Å²) < 4.78 is 12.8. The topological polar surface area (TPSA) is 12.9 Å². The van der Waals surface area contributed by atoms with Gasteiger partial charge in [-0.15, -0.1) is 6.58 Å². The number of benzene rings is 2. The summed E-state index contributed by atoms with van der Waals surface area (Å²) >= 11 is 0. The minimum Gasteiger partial charge on any atom is -0.256 e. The van der Waals surface area contributed by atoms with Crippen LogP contribution in [0.5, 0.6) is 0 Å². The summed E-state index contributed by atoms with van der Waals surface area (Å²) in [6.45, 7) is 5.41. The molecule has 0 radical (unpaired) electrons. The van der Waals surface area contributed by atoms with E-state index in [0.717, 1.165) is 30.5 Å². The molecule has 0 spiro atoms. The van der Waals surface area contributed by atoms with Gasteiger partial charge in [0.05, 0.1) is 11.9 Å². The third-order valence-electron chi connectivity index (χ3n) is 4.67. The fourth-order valence-electron chi connectivity index (χ4n) is 3.16. The van der Waals surface area contributed by atoms with E-state index in [2.05, 4.69) is 60.1 Å². The van der Waals surface area contributed by atoms with Crippen LogP contribution >= 0.6 is 0 Å². The summed E-state index contributed by atoms with van der Waals surface area (Å²) in [7, 11) is 0. The number of fused-ring (bicyclic) bond motifs is 1. The Bertz CT molecular complexity index is 923. The largest absolute Gasteiger partial charge is 0.256 e. The van der Waals surface area contributed by atoms with Gasteiger partial charge in [0.1, 0.15) is 0 Å². The zero-order valence-electron chi connectivity index (χ0n) is 15.9. The Morgan fingerprint density at radius 1 is 1.04 bits per heavy atom. The average Bonchev–Trinajstić information content (AvgIpc) is 2.68. The van der Waals surface area contributed by atoms with Crippen molar-refractivity contribution < 1.29 is 4.39 Å². The molecule has 0 aliphatic rings. The number of hydrogen-bond donors (Lipinski definition) is 0. The first-order chi connectivity index (χ1) is 13.2. The van der Waals surface area contributed by atoms with E-state index >= 15 is 0 Å². The van der Waals surface area contributed by atoms with E-state index in [-0.39, 0.29) is 0 Å². The molecule has 0 saturated carbocycles. The highest BCUT2D eigenvalue weighted by molar-refractivity contribution is 5.87. The van der Waals surface area contributed by atoms with E-state index < -0.39 is 6.17 Å². The number of rotatable bonds is 8. The van der Waals surface area contributed by atoms with Gasteiger partial charge in [-0.05, 0) is 72.7 Å². The smallest absolute Gasteiger partial charge is 0.0973 e. The highest BCUT2D eigenvalue weighted by Gasteiger charge is 2.02. The van der Waals surface area contributed by atoms with Gasteiger partial charge in [-0.1, -0.05) is 48.6 Å². The van der Waals surface area contributed by atoms with Crippen molar-refractivity contribution >= 4 is 16.8 Å². The summed E-state index contributed by atoms with van der Waals surface area (Å²) in [6, 6.07) is 17.2. The van der Waals surface area contributed by atoms with Crippen molar-refractivity contribution in [2.24, 2.45) is 0 Å². The molecule has 1 aromatic heterocycles. The molecule has 138 valence electrons. The Labute approximate surface area is 161 Å². The number of aromatic nitrogens is 1. The van der Waals surface area contributed by atoms with Gasteiger partial charge < -0.3 is 0 Å². The Morgan fingerprint density at radius 3 is 2.56 bits per heavy atom. The number of hydrogen-bond acceptors (Lipinski definition) is 1. The van der Waals surface area contributed by atoms with E-state index in [9.17, 15) is 4.39 Å². The molecule has 0 fully saturated rings. The number of unbranched alkanes of at least 4 members (excludes halogenated alkanes) is 1. The van der Waals surface area contributed by atoms with Crippen LogP contribution in [0, 0.1) is 0 Å². The zero-order chi connectivity index (χ0) is 19.1. The van der Waals surface area contributed by atoms with Gasteiger partial charge in [0.25, 0.3) is 0 Å². The van der Waals surface area contributed by atoms with Crippen LogP contribution < -0.4 is 0 Å². The summed E-state index contributed by atoms with van der Waals surface area (Å²) in [6.07, 6.45) is 10.5. The molecule has 0 N–H and O–H groups in total. The Morgan fingerprint density at radius 2 is 1.81 bits per heavy atom. The molecule has 3 rings (SSSR count). The van der Waals surface area contributed by atoms with Crippen molar-refractivity contribution in [3.63, 3.8) is 0 Å². The third-order valence-corrected chi connectivity index (χ3v) is 4.67. The van der Waals surface area contributed by atoms with Crippen LogP contribution in [0.2, 0.25) is 0 Å². The van der Waals surface area contributed by atoms with Crippen LogP contribution in [0.1, 0.15) is 37.4 Å². The summed E-state index contributed by atoms with van der Waals surface area (Å²) in [5, 5.41) is 2.47. The van der Waals surface area contributed by atoms with Gasteiger partial charge >= 0.3 is 0 Å². The van der Waals surface area contributed by atoms with Gasteiger partial charge in [-0.3, -0.25) is 4.98 Å². The lowest BCUT2D eigenvalue weighted by molar-refractivity contribution is 0.335. The summed E-state index contributed by atoms with van der Waals surface area (Å²) in [5.41, 5.74) is 4.49. The molecule has 1 unspecified atom stereocenters. The Balaban J connectivity index is 1.70. The van der Waals surface area contributed by atoms with Crippen molar-refractivity contribution in [2.45, 2.75) is 38.8 Å². The second kappa shape index (κ2) is 9.27. The van der Waals surface area contributed by atoms with Crippen LogP contribution in [0.15, 0.2) is 73.5 Å². The van der Waals surface area contributed by atoms with Gasteiger partial charge in [-0.25, -0.2) is 4.39 Å². The van der Waals surface area contributed by atoms with E-state index in [1.54, 1.807) is 6.92 Å². The van der Waals surface area contributed by atoms with Crippen LogP contribution in [-0.4, -0.2) is 11.2 Å². The number of allylic oxidation sites excluding steroid dienone is 2. The molecule has 1 atom stereocenters. The van der Waals surface area contributed by atoms with Gasteiger partial charge in [0, 0.05) is 11.8 Å². The van der Waals surface area contributed by atoms with Crippen molar-refractivity contribution in [3.05, 3.63) is 84.7 Å². The molecular weight excluding hydrogens is 333 g/mol. The average molecular weight is 359 g/mol. The molecule has 1 nitrogen and oxygen atoms in total. The van der Waals surface area contributed by atoms with Crippen molar-refractivity contribution in [1.29, 1.82) is 0 Å². The molecule has 0 aliphatic heterocycles. The highest BCUT2D eigenvalue weighted by atomic mass is 19.1. The van der Waals surface area contributed by atoms with Crippen LogP contribution in [0.25, 0.3) is 28.0 Å². The molecule has 3 aromatic rings. The van der Waals surface area contributed by atoms with E-state index in [4.69, 9.17) is 0 Å². The predicted molar refractivity (Wildman–Crippen MR) is 115 cm³/mol. The Kier molecular flexibility index (Phi) is 6.54. The van der Waals surface area contributed by atoms with Crippen LogP contribution in [0.3, 0.4) is 0 Å². The number of halogens is 1. The lowest BCUT2D eigenvalue weighted by Gasteiger charge is -2.06. The van der Waals surface area contributed by atoms with E-state index in [0.29, 0.717) is 6.42 Å². The van der Waals surface area contributed by atoms with E-state index in [1.165, 1.54) is 21.9 Å². The van der Waals surface area contributed by atoms with Crippen molar-refractivity contribution in [3.8, 4) is 11.1 Å². The zero-order valence-corrected chi connectivity index (χ0v) is 15.9. The first kappa shape index (κ1) is 19.0. The first-order valence-corrected chi connectivity index (χ1v) is 9.56. The molecule has 1 heterocycles. The first-order valence-electron chi connectivity index (χ1n) is 9.56. The van der Waals surface area contributed by atoms with Gasteiger partial charge in [0.2, 0.25) is 0 Å². The maximum Gasteiger partial charge on any atom is 0.0973 e. The Hall–Kier alpha value is -2.74. The molecule has 27 heavy (non-hydrogen) atoms. The number of pyridine rings is 1. The highest BCUT2D eigenvalue weighted by Crippen LogP contribution is 2.25. The lowest BCUT2D eigenvalue weighted by atomic mass is 10.00. The molecule has 2 heteroatoms. The molecule has 2 aromatic carbocycles. The standard InChI is InChI=1S/C25H26FN/c1-3-7-20-10-11-22-17-23(13-12-21(22)16-20)24-14-15-25(27-18-24)9-6-4-5-8-19(2)26/h3,6,9-19H,1,4-5,7-8H2,2H3/b9-6+. The van der Waals surface area contributed by atoms with Crippen LogP contribution in [-0.2, 0) is 6.42 Å². The number of alkyl halides is 1. The normalized spacial score (nSPS) is 12.5. The fourth-order valence-corrected chi connectivity index (χ4v) is 3.16. The molecule has 0 bridgehead atoms. The monoisotopic (exact) mass is 359 g/mol. The maximum atomic E-state index is 12.8. The lowest BCUT2D eigenvalue weighted by Crippen LogP contribution is -1.90. The second-order valence-electron chi connectivity index (χ2n) is 6.97. The quantitative estimate of drug-likeness (QED) is 0.307. The van der Waals surface area contributed by atoms with Gasteiger partial charge in [0.15, 0.2) is 0 Å². The molecular formula is C25H26FN.